The maximum absolute atomic E-state index is 11.3. The third-order valence-corrected chi connectivity index (χ3v) is 1.84. The molecule has 0 atom stereocenters. The van der Waals surface area contributed by atoms with Gasteiger partial charge in [-0.1, -0.05) is 0 Å². The highest BCUT2D eigenvalue weighted by atomic mass is 16.2. The fourth-order valence-corrected chi connectivity index (χ4v) is 1.09. The van der Waals surface area contributed by atoms with E-state index in [4.69, 9.17) is 0 Å². The lowest BCUT2D eigenvalue weighted by molar-refractivity contribution is -0.121. The third kappa shape index (κ3) is 5.93. The molecule has 0 bridgehead atoms. The number of carbonyl (C=O) groups excluding carboxylic acids is 2. The van der Waals surface area contributed by atoms with Crippen LogP contribution in [-0.2, 0) is 4.79 Å². The minimum absolute atomic E-state index is 0.0236. The monoisotopic (exact) mass is 213 g/mol. The molecule has 0 unspecified atom stereocenters. The fraction of sp³-hybridized carbons (Fsp3) is 0.800. The predicted molar refractivity (Wildman–Crippen MR) is 57.5 cm³/mol. The lowest BCUT2D eigenvalue weighted by Gasteiger charge is -2.20. The second-order valence-electron chi connectivity index (χ2n) is 4.90. The van der Waals surface area contributed by atoms with Gasteiger partial charge in [-0.05, 0) is 33.6 Å². The Balaban J connectivity index is 2.12. The predicted octanol–water partition coefficient (Wildman–Crippen LogP) is 0.363. The number of carbonyl (C=O) groups is 2. The highest BCUT2D eigenvalue weighted by molar-refractivity contribution is 5.84. The molecule has 3 N–H and O–H groups in total. The number of nitrogens with one attached hydrogen (secondary N) is 3. The molecule has 0 spiro atoms. The van der Waals surface area contributed by atoms with Crippen molar-refractivity contribution in [2.45, 2.75) is 45.2 Å². The van der Waals surface area contributed by atoms with E-state index in [2.05, 4.69) is 16.0 Å². The van der Waals surface area contributed by atoms with E-state index in [-0.39, 0.29) is 24.0 Å². The summed E-state index contributed by atoms with van der Waals surface area (Å²) in [5, 5.41) is 8.02. The van der Waals surface area contributed by atoms with Crippen LogP contribution in [0.3, 0.4) is 0 Å². The van der Waals surface area contributed by atoms with Crippen LogP contribution in [-0.4, -0.2) is 30.1 Å². The van der Waals surface area contributed by atoms with E-state index in [1.54, 1.807) is 0 Å². The Morgan fingerprint density at radius 2 is 1.87 bits per heavy atom. The van der Waals surface area contributed by atoms with Gasteiger partial charge in [0.15, 0.2) is 0 Å². The van der Waals surface area contributed by atoms with Crippen molar-refractivity contribution in [1.82, 2.24) is 16.0 Å². The Bertz CT molecular complexity index is 254. The second kappa shape index (κ2) is 4.51. The van der Waals surface area contributed by atoms with Crippen LogP contribution in [0.25, 0.3) is 0 Å². The van der Waals surface area contributed by atoms with Gasteiger partial charge in [-0.3, -0.25) is 4.79 Å². The van der Waals surface area contributed by atoms with Crippen molar-refractivity contribution in [3.8, 4) is 0 Å². The van der Waals surface area contributed by atoms with Gasteiger partial charge in [0, 0.05) is 11.6 Å². The smallest absolute Gasteiger partial charge is 0.315 e. The maximum Gasteiger partial charge on any atom is 0.315 e. The molecule has 1 rings (SSSR count). The van der Waals surface area contributed by atoms with Gasteiger partial charge in [-0.2, -0.15) is 0 Å². The molecule has 1 aliphatic carbocycles. The van der Waals surface area contributed by atoms with Crippen molar-refractivity contribution in [3.05, 3.63) is 0 Å². The van der Waals surface area contributed by atoms with E-state index in [0.717, 1.165) is 12.8 Å². The van der Waals surface area contributed by atoms with Crippen molar-refractivity contribution in [2.24, 2.45) is 0 Å². The normalized spacial score (nSPS) is 15.7. The van der Waals surface area contributed by atoms with Crippen LogP contribution in [0.2, 0.25) is 0 Å². The molecule has 1 aliphatic rings. The lowest BCUT2D eigenvalue weighted by Crippen LogP contribution is -2.47. The van der Waals surface area contributed by atoms with Gasteiger partial charge < -0.3 is 16.0 Å². The van der Waals surface area contributed by atoms with Crippen LogP contribution in [0.5, 0.6) is 0 Å². The van der Waals surface area contributed by atoms with Crippen LogP contribution in [0.4, 0.5) is 4.79 Å². The molecule has 5 nitrogen and oxygen atoms in total. The number of rotatable bonds is 3. The van der Waals surface area contributed by atoms with E-state index < -0.39 is 0 Å². The van der Waals surface area contributed by atoms with Gasteiger partial charge in [0.25, 0.3) is 0 Å². The molecule has 1 saturated carbocycles. The number of hydrogen-bond acceptors (Lipinski definition) is 2. The van der Waals surface area contributed by atoms with Gasteiger partial charge in [-0.15, -0.1) is 0 Å². The highest BCUT2D eigenvalue weighted by Gasteiger charge is 2.23. The zero-order valence-corrected chi connectivity index (χ0v) is 9.52. The fourth-order valence-electron chi connectivity index (χ4n) is 1.09. The third-order valence-electron chi connectivity index (χ3n) is 1.84. The largest absolute Gasteiger partial charge is 0.350 e. The summed E-state index contributed by atoms with van der Waals surface area (Å²) in [6, 6.07) is 0.0530. The van der Waals surface area contributed by atoms with E-state index in [1.807, 2.05) is 20.8 Å². The van der Waals surface area contributed by atoms with Crippen molar-refractivity contribution in [1.29, 1.82) is 0 Å². The van der Waals surface area contributed by atoms with Gasteiger partial charge in [0.05, 0.1) is 6.54 Å². The van der Waals surface area contributed by atoms with Crippen molar-refractivity contribution in [3.63, 3.8) is 0 Å². The molecule has 0 aromatic rings. The van der Waals surface area contributed by atoms with E-state index in [1.165, 1.54) is 0 Å². The van der Waals surface area contributed by atoms with Crippen LogP contribution >= 0.6 is 0 Å². The summed E-state index contributed by atoms with van der Waals surface area (Å²) in [5.74, 6) is -0.173. The van der Waals surface area contributed by atoms with Crippen molar-refractivity contribution >= 4 is 11.9 Å². The van der Waals surface area contributed by atoms with Crippen molar-refractivity contribution < 1.29 is 9.59 Å². The first-order chi connectivity index (χ1) is 6.87. The topological polar surface area (TPSA) is 70.2 Å². The standard InChI is InChI=1S/C10H19N3O2/c1-10(2,3)13-8(14)6-11-9(15)12-7-4-5-7/h7H,4-6H2,1-3H3,(H,13,14)(H2,11,12,15). The molecule has 86 valence electrons. The average molecular weight is 213 g/mol. The molecule has 3 amide bonds. The van der Waals surface area contributed by atoms with Crippen molar-refractivity contribution in [2.75, 3.05) is 6.54 Å². The zero-order chi connectivity index (χ0) is 11.5. The summed E-state index contributed by atoms with van der Waals surface area (Å²) in [5.41, 5.74) is -0.258. The number of urea groups is 1. The minimum Gasteiger partial charge on any atom is -0.350 e. The summed E-state index contributed by atoms with van der Waals surface area (Å²) in [6.07, 6.45) is 2.09. The molecular weight excluding hydrogens is 194 g/mol. The van der Waals surface area contributed by atoms with E-state index in [9.17, 15) is 9.59 Å². The van der Waals surface area contributed by atoms with Gasteiger partial charge in [0.1, 0.15) is 0 Å². The molecule has 0 aliphatic heterocycles. The molecule has 0 saturated heterocycles. The molecule has 15 heavy (non-hydrogen) atoms. The lowest BCUT2D eigenvalue weighted by atomic mass is 10.1. The first-order valence-corrected chi connectivity index (χ1v) is 5.22. The molecule has 0 aromatic heterocycles. The second-order valence-corrected chi connectivity index (χ2v) is 4.90. The van der Waals surface area contributed by atoms with Crippen LogP contribution in [0.15, 0.2) is 0 Å². The summed E-state index contributed by atoms with van der Waals surface area (Å²) < 4.78 is 0. The Hall–Kier alpha value is -1.26. The summed E-state index contributed by atoms with van der Waals surface area (Å²) >= 11 is 0. The van der Waals surface area contributed by atoms with Gasteiger partial charge >= 0.3 is 6.03 Å². The molecule has 5 heteroatoms. The molecule has 1 fully saturated rings. The first-order valence-electron chi connectivity index (χ1n) is 5.22. The Morgan fingerprint density at radius 3 is 2.33 bits per heavy atom. The molecular formula is C10H19N3O2. The zero-order valence-electron chi connectivity index (χ0n) is 9.52. The van der Waals surface area contributed by atoms with Gasteiger partial charge in [-0.25, -0.2) is 4.79 Å². The minimum atomic E-state index is -0.262. The Labute approximate surface area is 90.0 Å². The SMILES string of the molecule is CC(C)(C)NC(=O)CNC(=O)NC1CC1. The summed E-state index contributed by atoms with van der Waals surface area (Å²) in [4.78, 5) is 22.5. The quantitative estimate of drug-likeness (QED) is 0.633. The number of hydrogen-bond donors (Lipinski definition) is 3. The Kier molecular flexibility index (Phi) is 3.55. The van der Waals surface area contributed by atoms with Gasteiger partial charge in [0.2, 0.25) is 5.91 Å². The molecule has 0 heterocycles. The average Bonchev–Trinajstić information content (AvgIpc) is 2.81. The van der Waals surface area contributed by atoms with Crippen LogP contribution < -0.4 is 16.0 Å². The highest BCUT2D eigenvalue weighted by Crippen LogP contribution is 2.18. The Morgan fingerprint density at radius 1 is 1.27 bits per heavy atom. The first kappa shape index (κ1) is 11.8. The number of amides is 3. The summed E-state index contributed by atoms with van der Waals surface area (Å²) in [6.45, 7) is 5.72. The van der Waals surface area contributed by atoms with Crippen LogP contribution in [0, 0.1) is 0 Å². The van der Waals surface area contributed by atoms with E-state index in [0.29, 0.717) is 6.04 Å². The maximum atomic E-state index is 11.3. The summed E-state index contributed by atoms with van der Waals surface area (Å²) in [7, 11) is 0. The molecule has 0 aromatic carbocycles. The molecule has 0 radical (unpaired) electrons. The van der Waals surface area contributed by atoms with Crippen LogP contribution in [0.1, 0.15) is 33.6 Å². The van der Waals surface area contributed by atoms with E-state index >= 15 is 0 Å².